The van der Waals surface area contributed by atoms with Gasteiger partial charge in [-0.2, -0.15) is 0 Å². The van der Waals surface area contributed by atoms with Crippen LogP contribution in [0.4, 0.5) is 10.5 Å². The van der Waals surface area contributed by atoms with E-state index in [0.29, 0.717) is 25.1 Å². The highest BCUT2D eigenvalue weighted by Gasteiger charge is 2.43. The fraction of sp³-hybridized carbons (Fsp3) is 0.542. The first kappa shape index (κ1) is 25.2. The number of rotatable bonds is 12. The van der Waals surface area contributed by atoms with E-state index >= 15 is 0 Å². The van der Waals surface area contributed by atoms with Gasteiger partial charge in [-0.1, -0.05) is 6.07 Å². The highest BCUT2D eigenvalue weighted by atomic mass is 16.2. The lowest BCUT2D eigenvalue weighted by atomic mass is 10.1. The van der Waals surface area contributed by atoms with Gasteiger partial charge < -0.3 is 25.6 Å². The highest BCUT2D eigenvalue weighted by Crippen LogP contribution is 2.31. The van der Waals surface area contributed by atoms with E-state index in [2.05, 4.69) is 16.0 Å². The third-order valence-electron chi connectivity index (χ3n) is 6.20. The maximum atomic E-state index is 13.2. The number of aldehydes is 1. The van der Waals surface area contributed by atoms with Crippen LogP contribution in [0.2, 0.25) is 0 Å². The minimum Gasteiger partial charge on any atom is -0.384 e. The van der Waals surface area contributed by atoms with Crippen molar-refractivity contribution in [3.63, 3.8) is 0 Å². The Hall–Kier alpha value is -3.43. The quantitative estimate of drug-likeness (QED) is 0.242. The Morgan fingerprint density at radius 3 is 2.50 bits per heavy atom. The Kier molecular flexibility index (Phi) is 9.00. The van der Waals surface area contributed by atoms with Gasteiger partial charge >= 0.3 is 6.03 Å². The lowest BCUT2D eigenvalue weighted by Gasteiger charge is -2.24. The Morgan fingerprint density at radius 1 is 1.06 bits per heavy atom. The van der Waals surface area contributed by atoms with Gasteiger partial charge in [0, 0.05) is 45.3 Å². The molecule has 0 spiro atoms. The lowest BCUT2D eigenvalue weighted by molar-refractivity contribution is -0.124. The molecule has 2 aliphatic rings. The Balaban J connectivity index is 1.52. The number of carbonyl (C=O) groups excluding carboxylic acids is 5. The predicted molar refractivity (Wildman–Crippen MR) is 127 cm³/mol. The van der Waals surface area contributed by atoms with Crippen LogP contribution in [0.3, 0.4) is 0 Å². The SMILES string of the molecule is CNC(=O)C(CCC=O)N1C(=O)c2cccc(NCCCCCNC(=O)N3CCCC3)c2C1=O. The van der Waals surface area contributed by atoms with Crippen molar-refractivity contribution in [2.75, 3.05) is 38.5 Å². The molecule has 0 bridgehead atoms. The fourth-order valence-corrected chi connectivity index (χ4v) is 4.38. The molecular formula is C24H33N5O5. The molecule has 10 heteroatoms. The first-order valence-electron chi connectivity index (χ1n) is 11.9. The van der Waals surface area contributed by atoms with Crippen LogP contribution < -0.4 is 16.0 Å². The number of nitrogens with one attached hydrogen (secondary N) is 3. The molecule has 1 saturated heterocycles. The van der Waals surface area contributed by atoms with E-state index in [0.717, 1.165) is 50.1 Å². The molecule has 3 N–H and O–H groups in total. The summed E-state index contributed by atoms with van der Waals surface area (Å²) >= 11 is 0. The van der Waals surface area contributed by atoms with Crippen LogP contribution in [-0.2, 0) is 9.59 Å². The van der Waals surface area contributed by atoms with Crippen LogP contribution in [0.5, 0.6) is 0 Å². The summed E-state index contributed by atoms with van der Waals surface area (Å²) < 4.78 is 0. The van der Waals surface area contributed by atoms with Gasteiger partial charge in [0.25, 0.3) is 11.8 Å². The molecular weight excluding hydrogens is 438 g/mol. The third-order valence-corrected chi connectivity index (χ3v) is 6.20. The second-order valence-corrected chi connectivity index (χ2v) is 8.50. The minimum absolute atomic E-state index is 0.00593. The maximum Gasteiger partial charge on any atom is 0.317 e. The molecule has 0 aliphatic carbocycles. The van der Waals surface area contributed by atoms with Gasteiger partial charge in [0.2, 0.25) is 5.91 Å². The molecule has 1 atom stereocenters. The number of urea groups is 1. The monoisotopic (exact) mass is 471 g/mol. The van der Waals surface area contributed by atoms with Gasteiger partial charge in [0.15, 0.2) is 0 Å². The third kappa shape index (κ3) is 5.73. The lowest BCUT2D eigenvalue weighted by Crippen LogP contribution is -2.48. The van der Waals surface area contributed by atoms with Crippen molar-refractivity contribution in [3.05, 3.63) is 29.3 Å². The first-order valence-corrected chi connectivity index (χ1v) is 11.9. The normalized spacial score (nSPS) is 15.8. The molecule has 5 amide bonds. The van der Waals surface area contributed by atoms with Crippen molar-refractivity contribution in [1.82, 2.24) is 20.4 Å². The van der Waals surface area contributed by atoms with E-state index in [1.54, 1.807) is 18.2 Å². The summed E-state index contributed by atoms with van der Waals surface area (Å²) in [4.78, 5) is 64.0. The average molecular weight is 472 g/mol. The van der Waals surface area contributed by atoms with Crippen LogP contribution in [0.25, 0.3) is 0 Å². The zero-order valence-electron chi connectivity index (χ0n) is 19.6. The smallest absolute Gasteiger partial charge is 0.317 e. The van der Waals surface area contributed by atoms with Crippen LogP contribution in [-0.4, -0.2) is 79.1 Å². The van der Waals surface area contributed by atoms with Crippen LogP contribution in [0.15, 0.2) is 18.2 Å². The Morgan fingerprint density at radius 2 is 1.79 bits per heavy atom. The van der Waals surface area contributed by atoms with Crippen LogP contribution in [0, 0.1) is 0 Å². The van der Waals surface area contributed by atoms with Crippen molar-refractivity contribution >= 4 is 35.7 Å². The molecule has 1 unspecified atom stereocenters. The van der Waals surface area contributed by atoms with Crippen LogP contribution >= 0.6 is 0 Å². The van der Waals surface area contributed by atoms with E-state index in [1.807, 2.05) is 4.90 Å². The van der Waals surface area contributed by atoms with Crippen molar-refractivity contribution in [3.8, 4) is 0 Å². The summed E-state index contributed by atoms with van der Waals surface area (Å²) in [7, 11) is 1.43. The second kappa shape index (κ2) is 12.2. The van der Waals surface area contributed by atoms with Crippen molar-refractivity contribution in [2.24, 2.45) is 0 Å². The first-order chi connectivity index (χ1) is 16.5. The van der Waals surface area contributed by atoms with Gasteiger partial charge in [-0.25, -0.2) is 4.79 Å². The number of fused-ring (bicyclic) bond motifs is 1. The van der Waals surface area contributed by atoms with Gasteiger partial charge in [-0.3, -0.25) is 19.3 Å². The summed E-state index contributed by atoms with van der Waals surface area (Å²) in [6.45, 7) is 2.88. The summed E-state index contributed by atoms with van der Waals surface area (Å²) in [6.07, 6.45) is 5.52. The van der Waals surface area contributed by atoms with Crippen LogP contribution in [0.1, 0.15) is 65.7 Å². The van der Waals surface area contributed by atoms with Gasteiger partial charge in [0.1, 0.15) is 12.3 Å². The minimum atomic E-state index is -1.04. The largest absolute Gasteiger partial charge is 0.384 e. The Labute approximate surface area is 199 Å². The predicted octanol–water partition coefficient (Wildman–Crippen LogP) is 1.76. The summed E-state index contributed by atoms with van der Waals surface area (Å²) in [6, 6.07) is 3.98. The van der Waals surface area contributed by atoms with E-state index in [9.17, 15) is 24.0 Å². The summed E-state index contributed by atoms with van der Waals surface area (Å²) in [5.74, 6) is -1.55. The number of likely N-dealkylation sites (tertiary alicyclic amines) is 1. The number of unbranched alkanes of at least 4 members (excludes halogenated alkanes) is 2. The van der Waals surface area contributed by atoms with Gasteiger partial charge in [-0.05, 0) is 50.7 Å². The van der Waals surface area contributed by atoms with Gasteiger partial charge in [-0.15, -0.1) is 0 Å². The molecule has 0 aromatic heterocycles. The molecule has 1 fully saturated rings. The molecule has 0 saturated carbocycles. The molecule has 3 rings (SSSR count). The second-order valence-electron chi connectivity index (χ2n) is 8.50. The molecule has 1 aromatic carbocycles. The molecule has 2 aliphatic heterocycles. The van der Waals surface area contributed by atoms with E-state index in [4.69, 9.17) is 0 Å². The standard InChI is InChI=1S/C24H33N5O5/c1-25-21(31)19(11-8-16-30)29-22(32)17-9-7-10-18(20(17)23(29)33)26-12-3-2-4-13-27-24(34)28-14-5-6-15-28/h7,9-10,16,19,26H,2-6,8,11-15H2,1H3,(H,25,31)(H,27,34). The number of likely N-dealkylation sites (N-methyl/N-ethyl adjacent to an activating group) is 1. The number of benzene rings is 1. The van der Waals surface area contributed by atoms with E-state index in [1.165, 1.54) is 7.05 Å². The molecule has 34 heavy (non-hydrogen) atoms. The zero-order chi connectivity index (χ0) is 24.5. The number of nitrogens with zero attached hydrogens (tertiary/aromatic N) is 2. The van der Waals surface area contributed by atoms with E-state index in [-0.39, 0.29) is 30.0 Å². The van der Waals surface area contributed by atoms with Gasteiger partial charge in [0.05, 0.1) is 11.1 Å². The number of hydrogen-bond acceptors (Lipinski definition) is 6. The van der Waals surface area contributed by atoms with Crippen molar-refractivity contribution in [1.29, 1.82) is 0 Å². The number of imide groups is 1. The zero-order valence-corrected chi connectivity index (χ0v) is 19.6. The number of amides is 5. The average Bonchev–Trinajstić information content (AvgIpc) is 3.47. The number of anilines is 1. The summed E-state index contributed by atoms with van der Waals surface area (Å²) in [5.41, 5.74) is 1.05. The maximum absolute atomic E-state index is 13.2. The highest BCUT2D eigenvalue weighted by molar-refractivity contribution is 6.25. The fourth-order valence-electron chi connectivity index (χ4n) is 4.38. The molecule has 2 heterocycles. The molecule has 10 nitrogen and oxygen atoms in total. The van der Waals surface area contributed by atoms with E-state index < -0.39 is 23.8 Å². The molecule has 0 radical (unpaired) electrons. The number of hydrogen-bond donors (Lipinski definition) is 3. The number of carbonyl (C=O) groups is 5. The topological polar surface area (TPSA) is 128 Å². The van der Waals surface area contributed by atoms with Crippen molar-refractivity contribution in [2.45, 2.75) is 51.0 Å². The molecule has 1 aromatic rings. The van der Waals surface area contributed by atoms with Crippen molar-refractivity contribution < 1.29 is 24.0 Å². The summed E-state index contributed by atoms with van der Waals surface area (Å²) in [5, 5.41) is 8.65. The Bertz CT molecular complexity index is 928. The molecule has 184 valence electrons.